The lowest BCUT2D eigenvalue weighted by Crippen LogP contribution is -2.40. The van der Waals surface area contributed by atoms with Crippen LogP contribution in [-0.4, -0.2) is 42.1 Å². The summed E-state index contributed by atoms with van der Waals surface area (Å²) in [7, 11) is 0. The molecule has 1 fully saturated rings. The molecule has 0 aromatic heterocycles. The number of benzene rings is 1. The molecule has 3 heteroatoms. The van der Waals surface area contributed by atoms with Crippen LogP contribution in [0, 0.1) is 0 Å². The maximum absolute atomic E-state index is 3.61. The molecule has 1 aromatic carbocycles. The van der Waals surface area contributed by atoms with E-state index in [-0.39, 0.29) is 0 Å². The summed E-state index contributed by atoms with van der Waals surface area (Å²) < 4.78 is 0. The fourth-order valence-electron chi connectivity index (χ4n) is 2.33. The van der Waals surface area contributed by atoms with Crippen molar-refractivity contribution in [2.75, 3.05) is 31.1 Å². The fourth-order valence-corrected chi connectivity index (χ4v) is 3.33. The predicted molar refractivity (Wildman–Crippen MR) is 81.1 cm³/mol. The monoisotopic (exact) mass is 264 g/mol. The number of hydrogen-bond donors (Lipinski definition) is 1. The van der Waals surface area contributed by atoms with Gasteiger partial charge in [-0.05, 0) is 25.1 Å². The number of nitrogens with one attached hydrogen (secondary N) is 1. The van der Waals surface area contributed by atoms with Gasteiger partial charge in [0, 0.05) is 30.6 Å². The second-order valence-electron chi connectivity index (χ2n) is 4.87. The first kappa shape index (κ1) is 13.9. The molecular formula is C15H24N2S. The Kier molecular flexibility index (Phi) is 6.05. The summed E-state index contributed by atoms with van der Waals surface area (Å²) in [5, 5.41) is 3.61. The number of nitrogens with zero attached hydrogens (tertiary/aromatic N) is 1. The summed E-state index contributed by atoms with van der Waals surface area (Å²) in [6.45, 7) is 6.85. The van der Waals surface area contributed by atoms with Crippen molar-refractivity contribution in [1.29, 1.82) is 0 Å². The van der Waals surface area contributed by atoms with Gasteiger partial charge in [-0.2, -0.15) is 11.8 Å². The number of hydrogen-bond acceptors (Lipinski definition) is 3. The lowest BCUT2D eigenvalue weighted by molar-refractivity contribution is 0.264. The largest absolute Gasteiger partial charge is 0.312 e. The number of rotatable bonds is 6. The molecule has 2 nitrogen and oxygen atoms in total. The van der Waals surface area contributed by atoms with E-state index in [0.29, 0.717) is 6.04 Å². The van der Waals surface area contributed by atoms with E-state index in [1.807, 2.05) is 0 Å². The molecule has 2 rings (SSSR count). The van der Waals surface area contributed by atoms with E-state index < -0.39 is 0 Å². The van der Waals surface area contributed by atoms with Gasteiger partial charge < -0.3 is 5.32 Å². The summed E-state index contributed by atoms with van der Waals surface area (Å²) in [5.41, 5.74) is 1.42. The molecule has 1 heterocycles. The highest BCUT2D eigenvalue weighted by Gasteiger charge is 2.14. The Labute approximate surface area is 115 Å². The van der Waals surface area contributed by atoms with Gasteiger partial charge in [0.1, 0.15) is 0 Å². The van der Waals surface area contributed by atoms with Crippen molar-refractivity contribution in [3.05, 3.63) is 35.9 Å². The van der Waals surface area contributed by atoms with Crippen molar-refractivity contribution in [1.82, 2.24) is 10.2 Å². The maximum Gasteiger partial charge on any atom is 0.0233 e. The molecule has 100 valence electrons. The first-order valence-corrected chi connectivity index (χ1v) is 8.11. The molecule has 0 radical (unpaired) electrons. The smallest absolute Gasteiger partial charge is 0.0233 e. The van der Waals surface area contributed by atoms with E-state index in [4.69, 9.17) is 0 Å². The van der Waals surface area contributed by atoms with Crippen molar-refractivity contribution in [2.45, 2.75) is 25.9 Å². The zero-order valence-corrected chi connectivity index (χ0v) is 12.1. The SMILES string of the molecule is CCN(CCC1CSCCN1)Cc1ccccc1. The highest BCUT2D eigenvalue weighted by Crippen LogP contribution is 2.12. The van der Waals surface area contributed by atoms with E-state index in [9.17, 15) is 0 Å². The van der Waals surface area contributed by atoms with E-state index in [2.05, 4.69) is 59.2 Å². The predicted octanol–water partition coefficient (Wildman–Crippen LogP) is 2.60. The van der Waals surface area contributed by atoms with E-state index in [1.54, 1.807) is 0 Å². The van der Waals surface area contributed by atoms with Gasteiger partial charge in [-0.25, -0.2) is 0 Å². The van der Waals surface area contributed by atoms with Gasteiger partial charge in [-0.1, -0.05) is 37.3 Å². The van der Waals surface area contributed by atoms with Crippen LogP contribution in [-0.2, 0) is 6.54 Å². The van der Waals surface area contributed by atoms with Gasteiger partial charge in [0.25, 0.3) is 0 Å². The average molecular weight is 264 g/mol. The summed E-state index contributed by atoms with van der Waals surface area (Å²) in [6.07, 6.45) is 1.27. The highest BCUT2D eigenvalue weighted by molar-refractivity contribution is 7.99. The first-order valence-electron chi connectivity index (χ1n) is 6.96. The second kappa shape index (κ2) is 7.82. The molecule has 0 saturated carbocycles. The maximum atomic E-state index is 3.61. The normalized spacial score (nSPS) is 20.2. The van der Waals surface area contributed by atoms with Crippen LogP contribution in [0.1, 0.15) is 18.9 Å². The molecule has 0 amide bonds. The summed E-state index contributed by atoms with van der Waals surface area (Å²) in [5.74, 6) is 2.56. The van der Waals surface area contributed by atoms with Crippen molar-refractivity contribution < 1.29 is 0 Å². The zero-order valence-electron chi connectivity index (χ0n) is 11.3. The Hall–Kier alpha value is -0.510. The van der Waals surface area contributed by atoms with Gasteiger partial charge >= 0.3 is 0 Å². The standard InChI is InChI=1S/C15H24N2S/c1-2-17(12-14-6-4-3-5-7-14)10-8-15-13-18-11-9-16-15/h3-7,15-16H,2,8-13H2,1H3. The van der Waals surface area contributed by atoms with Crippen LogP contribution >= 0.6 is 11.8 Å². The van der Waals surface area contributed by atoms with Crippen molar-refractivity contribution >= 4 is 11.8 Å². The third-order valence-corrected chi connectivity index (χ3v) is 4.62. The molecular weight excluding hydrogens is 240 g/mol. The topological polar surface area (TPSA) is 15.3 Å². The lowest BCUT2D eigenvalue weighted by Gasteiger charge is -2.27. The van der Waals surface area contributed by atoms with Crippen LogP contribution in [0.25, 0.3) is 0 Å². The minimum absolute atomic E-state index is 0.716. The van der Waals surface area contributed by atoms with Crippen LogP contribution in [0.3, 0.4) is 0 Å². The first-order chi connectivity index (χ1) is 8.88. The molecule has 0 bridgehead atoms. The average Bonchev–Trinajstić information content (AvgIpc) is 2.45. The second-order valence-corrected chi connectivity index (χ2v) is 6.02. The van der Waals surface area contributed by atoms with Crippen molar-refractivity contribution in [3.8, 4) is 0 Å². The van der Waals surface area contributed by atoms with Gasteiger partial charge in [-0.15, -0.1) is 0 Å². The highest BCUT2D eigenvalue weighted by atomic mass is 32.2. The molecule has 1 unspecified atom stereocenters. The fraction of sp³-hybridized carbons (Fsp3) is 0.600. The summed E-state index contributed by atoms with van der Waals surface area (Å²) >= 11 is 2.09. The van der Waals surface area contributed by atoms with E-state index in [1.165, 1.54) is 36.6 Å². The molecule has 0 spiro atoms. The molecule has 1 aliphatic heterocycles. The minimum Gasteiger partial charge on any atom is -0.312 e. The van der Waals surface area contributed by atoms with Crippen LogP contribution in [0.15, 0.2) is 30.3 Å². The van der Waals surface area contributed by atoms with Crippen molar-refractivity contribution in [2.24, 2.45) is 0 Å². The Morgan fingerprint density at radius 1 is 1.33 bits per heavy atom. The molecule has 1 aromatic rings. The third-order valence-electron chi connectivity index (χ3n) is 3.49. The van der Waals surface area contributed by atoms with Crippen LogP contribution in [0.2, 0.25) is 0 Å². The lowest BCUT2D eigenvalue weighted by atomic mass is 10.2. The quantitative estimate of drug-likeness (QED) is 0.850. The Morgan fingerprint density at radius 2 is 2.17 bits per heavy atom. The molecule has 18 heavy (non-hydrogen) atoms. The van der Waals surface area contributed by atoms with Gasteiger partial charge in [0.2, 0.25) is 0 Å². The number of thioether (sulfide) groups is 1. The Morgan fingerprint density at radius 3 is 2.83 bits per heavy atom. The van der Waals surface area contributed by atoms with Gasteiger partial charge in [-0.3, -0.25) is 4.90 Å². The van der Waals surface area contributed by atoms with Crippen LogP contribution in [0.4, 0.5) is 0 Å². The molecule has 1 N–H and O–H groups in total. The third kappa shape index (κ3) is 4.63. The van der Waals surface area contributed by atoms with E-state index >= 15 is 0 Å². The minimum atomic E-state index is 0.716. The Bertz CT molecular complexity index is 323. The van der Waals surface area contributed by atoms with Crippen LogP contribution < -0.4 is 5.32 Å². The van der Waals surface area contributed by atoms with Crippen LogP contribution in [0.5, 0.6) is 0 Å². The molecule has 1 aliphatic rings. The van der Waals surface area contributed by atoms with Crippen molar-refractivity contribution in [3.63, 3.8) is 0 Å². The van der Waals surface area contributed by atoms with E-state index in [0.717, 1.165) is 13.1 Å². The molecule has 1 saturated heterocycles. The van der Waals surface area contributed by atoms with Gasteiger partial charge in [0.05, 0.1) is 0 Å². The van der Waals surface area contributed by atoms with Gasteiger partial charge in [0.15, 0.2) is 0 Å². The summed E-state index contributed by atoms with van der Waals surface area (Å²) in [4.78, 5) is 2.54. The molecule has 0 aliphatic carbocycles. The zero-order chi connectivity index (χ0) is 12.6. The Balaban J connectivity index is 1.75. The molecule has 1 atom stereocenters. The summed E-state index contributed by atoms with van der Waals surface area (Å²) in [6, 6.07) is 11.5.